The van der Waals surface area contributed by atoms with E-state index in [1.165, 1.54) is 12.0 Å². The Morgan fingerprint density at radius 3 is 2.94 bits per heavy atom. The molecule has 0 amide bonds. The van der Waals surface area contributed by atoms with Crippen LogP contribution >= 0.6 is 0 Å². The second-order valence-electron chi connectivity index (χ2n) is 4.38. The number of rotatable bonds is 9. The first kappa shape index (κ1) is 14.2. The molecule has 0 radical (unpaired) electrons. The van der Waals surface area contributed by atoms with Gasteiger partial charge in [-0.05, 0) is 32.7 Å². The Balaban J connectivity index is 2.33. The average molecular weight is 239 g/mol. The van der Waals surface area contributed by atoms with Crippen LogP contribution in [0.2, 0.25) is 0 Å². The minimum absolute atomic E-state index is 0.838. The van der Waals surface area contributed by atoms with Crippen molar-refractivity contribution in [1.82, 2.24) is 15.1 Å². The van der Waals surface area contributed by atoms with E-state index in [2.05, 4.69) is 30.5 Å². The van der Waals surface area contributed by atoms with E-state index in [1.54, 1.807) is 7.11 Å². The summed E-state index contributed by atoms with van der Waals surface area (Å²) in [6.07, 6.45) is 5.55. The highest BCUT2D eigenvalue weighted by Crippen LogP contribution is 2.06. The fourth-order valence-electron chi connectivity index (χ4n) is 1.77. The number of methoxy groups -OCH3 is 1. The first-order valence-corrected chi connectivity index (χ1v) is 6.50. The van der Waals surface area contributed by atoms with E-state index in [0.717, 1.165) is 44.8 Å². The number of nitrogens with zero attached hydrogens (tertiary/aromatic N) is 2. The van der Waals surface area contributed by atoms with Gasteiger partial charge in [-0.15, -0.1) is 0 Å². The molecule has 0 aromatic carbocycles. The van der Waals surface area contributed by atoms with Crippen LogP contribution in [0.3, 0.4) is 0 Å². The topological polar surface area (TPSA) is 39.1 Å². The van der Waals surface area contributed by atoms with E-state index >= 15 is 0 Å². The van der Waals surface area contributed by atoms with Crippen LogP contribution in [0.25, 0.3) is 0 Å². The summed E-state index contributed by atoms with van der Waals surface area (Å²) in [5.74, 6) is 0. The van der Waals surface area contributed by atoms with E-state index in [-0.39, 0.29) is 0 Å². The van der Waals surface area contributed by atoms with Crippen LogP contribution in [-0.4, -0.2) is 30.0 Å². The third kappa shape index (κ3) is 5.33. The average Bonchev–Trinajstić information content (AvgIpc) is 2.66. The predicted molar refractivity (Wildman–Crippen MR) is 70.1 cm³/mol. The van der Waals surface area contributed by atoms with Gasteiger partial charge in [0.25, 0.3) is 0 Å². The van der Waals surface area contributed by atoms with Gasteiger partial charge in [0.2, 0.25) is 0 Å². The molecule has 1 aromatic rings. The number of aryl methyl sites for hydroxylation is 2. The summed E-state index contributed by atoms with van der Waals surface area (Å²) in [5.41, 5.74) is 2.45. The third-order valence-electron chi connectivity index (χ3n) is 2.78. The summed E-state index contributed by atoms with van der Waals surface area (Å²) >= 11 is 0. The molecule has 17 heavy (non-hydrogen) atoms. The molecule has 0 unspecified atom stereocenters. The maximum Gasteiger partial charge on any atom is 0.0638 e. The van der Waals surface area contributed by atoms with Gasteiger partial charge in [0, 0.05) is 38.6 Å². The number of unbranched alkanes of at least 4 members (excludes halogenated alkanes) is 1. The zero-order chi connectivity index (χ0) is 12.5. The molecule has 0 saturated carbocycles. The van der Waals surface area contributed by atoms with Crippen LogP contribution in [0, 0.1) is 6.92 Å². The fourth-order valence-corrected chi connectivity index (χ4v) is 1.77. The van der Waals surface area contributed by atoms with Gasteiger partial charge in [-0.2, -0.15) is 5.10 Å². The number of nitrogens with one attached hydrogen (secondary N) is 1. The van der Waals surface area contributed by atoms with Gasteiger partial charge in [-0.1, -0.05) is 6.92 Å². The Hall–Kier alpha value is -0.870. The highest BCUT2D eigenvalue weighted by atomic mass is 16.5. The van der Waals surface area contributed by atoms with Crippen molar-refractivity contribution in [3.8, 4) is 0 Å². The van der Waals surface area contributed by atoms with Crippen LogP contribution in [-0.2, 0) is 17.8 Å². The van der Waals surface area contributed by atoms with Gasteiger partial charge in [-0.25, -0.2) is 0 Å². The van der Waals surface area contributed by atoms with E-state index in [0.29, 0.717) is 0 Å². The van der Waals surface area contributed by atoms with E-state index in [4.69, 9.17) is 4.74 Å². The molecule has 0 aliphatic carbocycles. The van der Waals surface area contributed by atoms with Crippen molar-refractivity contribution in [1.29, 1.82) is 0 Å². The second-order valence-corrected chi connectivity index (χ2v) is 4.38. The zero-order valence-electron chi connectivity index (χ0n) is 11.3. The fraction of sp³-hybridized carbons (Fsp3) is 0.769. The van der Waals surface area contributed by atoms with Gasteiger partial charge in [0.1, 0.15) is 0 Å². The molecule has 0 spiro atoms. The van der Waals surface area contributed by atoms with Crippen LogP contribution in [0.15, 0.2) is 6.20 Å². The van der Waals surface area contributed by atoms with Crippen molar-refractivity contribution in [3.05, 3.63) is 17.5 Å². The summed E-state index contributed by atoms with van der Waals surface area (Å²) < 4.78 is 7.08. The van der Waals surface area contributed by atoms with Crippen molar-refractivity contribution in [2.24, 2.45) is 0 Å². The predicted octanol–water partition coefficient (Wildman–Crippen LogP) is 2.12. The number of hydrogen-bond acceptors (Lipinski definition) is 3. The normalized spacial score (nSPS) is 11.0. The van der Waals surface area contributed by atoms with Crippen LogP contribution in [0.1, 0.15) is 37.4 Å². The molecule has 1 rings (SSSR count). The summed E-state index contributed by atoms with van der Waals surface area (Å²) in [4.78, 5) is 0. The van der Waals surface area contributed by atoms with Crippen LogP contribution in [0.5, 0.6) is 0 Å². The molecule has 0 saturated heterocycles. The number of hydrogen-bond donors (Lipinski definition) is 1. The maximum atomic E-state index is 5.03. The van der Waals surface area contributed by atoms with Gasteiger partial charge in [0.15, 0.2) is 0 Å². The molecule has 0 atom stereocenters. The van der Waals surface area contributed by atoms with Crippen molar-refractivity contribution < 1.29 is 4.74 Å². The van der Waals surface area contributed by atoms with Crippen molar-refractivity contribution >= 4 is 0 Å². The summed E-state index contributed by atoms with van der Waals surface area (Å²) in [5, 5.41) is 7.93. The smallest absolute Gasteiger partial charge is 0.0638 e. The largest absolute Gasteiger partial charge is 0.385 e. The lowest BCUT2D eigenvalue weighted by atomic mass is 10.2. The number of aromatic nitrogens is 2. The van der Waals surface area contributed by atoms with Crippen LogP contribution in [0.4, 0.5) is 0 Å². The van der Waals surface area contributed by atoms with Gasteiger partial charge < -0.3 is 10.1 Å². The lowest BCUT2D eigenvalue weighted by Gasteiger charge is -2.01. The standard InChI is InChI=1S/C13H25N3O/c1-4-7-14-10-13-11-16(15-12(13)2)8-5-6-9-17-3/h11,14H,4-10H2,1-3H3. The first-order valence-electron chi connectivity index (χ1n) is 6.50. The zero-order valence-corrected chi connectivity index (χ0v) is 11.3. The molecule has 1 N–H and O–H groups in total. The molecular weight excluding hydrogens is 214 g/mol. The Morgan fingerprint density at radius 2 is 2.24 bits per heavy atom. The molecule has 4 nitrogen and oxygen atoms in total. The molecular formula is C13H25N3O. The summed E-state index contributed by atoms with van der Waals surface area (Å²) in [7, 11) is 1.75. The van der Waals surface area contributed by atoms with E-state index in [1.807, 2.05) is 4.68 Å². The monoisotopic (exact) mass is 239 g/mol. The lowest BCUT2D eigenvalue weighted by Crippen LogP contribution is -2.13. The van der Waals surface area contributed by atoms with Gasteiger partial charge in [-0.3, -0.25) is 4.68 Å². The highest BCUT2D eigenvalue weighted by Gasteiger charge is 2.03. The molecule has 4 heteroatoms. The SMILES string of the molecule is CCCNCc1cn(CCCCOC)nc1C. The third-order valence-corrected chi connectivity index (χ3v) is 2.78. The molecule has 1 heterocycles. The molecule has 98 valence electrons. The quantitative estimate of drug-likeness (QED) is 0.671. The maximum absolute atomic E-state index is 5.03. The molecule has 0 aliphatic rings. The number of ether oxygens (including phenoxy) is 1. The Kier molecular flexibility index (Phi) is 6.89. The summed E-state index contributed by atoms with van der Waals surface area (Å²) in [6, 6.07) is 0. The minimum atomic E-state index is 0.838. The van der Waals surface area contributed by atoms with Crippen molar-refractivity contribution in [2.75, 3.05) is 20.3 Å². The van der Waals surface area contributed by atoms with Crippen LogP contribution < -0.4 is 5.32 Å². The molecule has 0 bridgehead atoms. The Labute approximate surface area is 104 Å². The lowest BCUT2D eigenvalue weighted by molar-refractivity contribution is 0.191. The molecule has 0 aliphatic heterocycles. The highest BCUT2D eigenvalue weighted by molar-refractivity contribution is 5.14. The summed E-state index contributed by atoms with van der Waals surface area (Å²) in [6.45, 7) is 8.08. The van der Waals surface area contributed by atoms with Crippen molar-refractivity contribution in [2.45, 2.75) is 46.2 Å². The Morgan fingerprint density at radius 1 is 1.41 bits per heavy atom. The minimum Gasteiger partial charge on any atom is -0.385 e. The van der Waals surface area contributed by atoms with Crippen molar-refractivity contribution in [3.63, 3.8) is 0 Å². The van der Waals surface area contributed by atoms with E-state index < -0.39 is 0 Å². The van der Waals surface area contributed by atoms with Gasteiger partial charge in [0.05, 0.1) is 5.69 Å². The second kappa shape index (κ2) is 8.25. The first-order chi connectivity index (χ1) is 8.27. The Bertz CT molecular complexity index is 310. The molecule has 1 aromatic heterocycles. The van der Waals surface area contributed by atoms with Gasteiger partial charge >= 0.3 is 0 Å². The van der Waals surface area contributed by atoms with E-state index in [9.17, 15) is 0 Å². The molecule has 0 fully saturated rings.